The zero-order chi connectivity index (χ0) is 20.9. The van der Waals surface area contributed by atoms with Gasteiger partial charge in [0, 0.05) is 12.0 Å². The number of likely N-dealkylation sites (N-methyl/N-ethyl adjacent to an activating group) is 1. The fourth-order valence-corrected chi connectivity index (χ4v) is 3.07. The van der Waals surface area contributed by atoms with Gasteiger partial charge in [0.25, 0.3) is 5.91 Å². The van der Waals surface area contributed by atoms with Crippen LogP contribution in [0.2, 0.25) is 0 Å². The highest BCUT2D eigenvalue weighted by molar-refractivity contribution is 6.01. The molecule has 0 aliphatic carbocycles. The third-order valence-electron chi connectivity index (χ3n) is 4.38. The Bertz CT molecular complexity index is 943. The molecule has 150 valence electrons. The van der Waals surface area contributed by atoms with Gasteiger partial charge in [-0.2, -0.15) is 5.10 Å². The van der Waals surface area contributed by atoms with Gasteiger partial charge in [-0.1, -0.05) is 54.6 Å². The number of carbonyl (C=O) groups is 2. The van der Waals surface area contributed by atoms with Crippen LogP contribution in [0.1, 0.15) is 34.0 Å². The minimum Gasteiger partial charge on any atom is -0.453 e. The Morgan fingerprint density at radius 3 is 2.52 bits per heavy atom. The number of hydrogen-bond donors (Lipinski definition) is 1. The number of amides is 1. The average Bonchev–Trinajstić information content (AvgIpc) is 2.99. The minimum absolute atomic E-state index is 0.174. The van der Waals surface area contributed by atoms with Crippen molar-refractivity contribution < 1.29 is 18.8 Å². The third-order valence-corrected chi connectivity index (χ3v) is 4.38. The van der Waals surface area contributed by atoms with E-state index in [9.17, 15) is 9.59 Å². The number of fused-ring (bicyclic) bond motifs is 1. The van der Waals surface area contributed by atoms with Crippen molar-refractivity contribution >= 4 is 23.7 Å². The third kappa shape index (κ3) is 5.86. The molecule has 29 heavy (non-hydrogen) atoms. The molecule has 1 amide bonds. The number of hydrazone groups is 1. The summed E-state index contributed by atoms with van der Waals surface area (Å²) in [6.45, 7) is 0.306. The molecule has 0 aromatic heterocycles. The van der Waals surface area contributed by atoms with Gasteiger partial charge in [-0.25, -0.2) is 10.2 Å². The van der Waals surface area contributed by atoms with Crippen LogP contribution in [0.3, 0.4) is 0 Å². The van der Waals surface area contributed by atoms with Crippen molar-refractivity contribution in [3.8, 4) is 0 Å². The summed E-state index contributed by atoms with van der Waals surface area (Å²) in [5.74, 6) is -0.502. The van der Waals surface area contributed by atoms with E-state index in [-0.39, 0.29) is 11.9 Å². The van der Waals surface area contributed by atoms with Crippen LogP contribution in [-0.4, -0.2) is 49.8 Å². The molecule has 1 aliphatic heterocycles. The molecule has 0 unspecified atom stereocenters. The molecule has 0 saturated heterocycles. The van der Waals surface area contributed by atoms with Gasteiger partial charge >= 0.3 is 5.97 Å². The minimum atomic E-state index is -0.423. The summed E-state index contributed by atoms with van der Waals surface area (Å²) in [5, 5.41) is 4.31. The lowest BCUT2D eigenvalue weighted by Gasteiger charge is -2.22. The van der Waals surface area contributed by atoms with Gasteiger partial charge in [0.05, 0.1) is 32.4 Å². The highest BCUT2D eigenvalue weighted by atomic mass is 16.5. The van der Waals surface area contributed by atoms with Crippen molar-refractivity contribution in [2.45, 2.75) is 12.5 Å². The van der Waals surface area contributed by atoms with Crippen LogP contribution in [0.15, 0.2) is 65.8 Å². The van der Waals surface area contributed by atoms with Gasteiger partial charge in [0.1, 0.15) is 6.10 Å². The first-order chi connectivity index (χ1) is 13.8. The molecule has 3 rings (SSSR count). The number of benzene rings is 2. The summed E-state index contributed by atoms with van der Waals surface area (Å²) in [5.41, 5.74) is 5.69. The Morgan fingerprint density at radius 2 is 1.79 bits per heavy atom. The van der Waals surface area contributed by atoms with Crippen molar-refractivity contribution in [3.63, 3.8) is 0 Å². The van der Waals surface area contributed by atoms with E-state index in [0.717, 1.165) is 11.1 Å². The zero-order valence-electron chi connectivity index (χ0n) is 17.0. The molecule has 6 heteroatoms. The SMILES string of the molecule is C[N+](C)(C)CC(=O)N/N=C(\C=C\c1ccccc1)C[C@H]1OC(=O)c2ccccc21. The normalized spacial score (nSPS) is 16.6. The molecular weight excluding hydrogens is 366 g/mol. The lowest BCUT2D eigenvalue weighted by atomic mass is 10.0. The first-order valence-corrected chi connectivity index (χ1v) is 9.51. The van der Waals surface area contributed by atoms with Gasteiger partial charge in [0.15, 0.2) is 6.54 Å². The maximum Gasteiger partial charge on any atom is 0.339 e. The fourth-order valence-electron chi connectivity index (χ4n) is 3.07. The number of hydrogen-bond acceptors (Lipinski definition) is 4. The molecule has 0 spiro atoms. The summed E-state index contributed by atoms with van der Waals surface area (Å²) in [6.07, 6.45) is 3.72. The highest BCUT2D eigenvalue weighted by Gasteiger charge is 2.31. The lowest BCUT2D eigenvalue weighted by Crippen LogP contribution is -2.43. The van der Waals surface area contributed by atoms with Gasteiger partial charge in [-0.15, -0.1) is 0 Å². The van der Waals surface area contributed by atoms with Crippen molar-refractivity contribution in [3.05, 3.63) is 77.4 Å². The summed E-state index contributed by atoms with van der Waals surface area (Å²) < 4.78 is 6.04. The van der Waals surface area contributed by atoms with E-state index in [1.165, 1.54) is 0 Å². The van der Waals surface area contributed by atoms with E-state index >= 15 is 0 Å². The van der Waals surface area contributed by atoms with Crippen molar-refractivity contribution in [1.82, 2.24) is 5.43 Å². The van der Waals surface area contributed by atoms with E-state index in [4.69, 9.17) is 4.74 Å². The average molecular weight is 392 g/mol. The fraction of sp³-hybridized carbons (Fsp3) is 0.261. The zero-order valence-corrected chi connectivity index (χ0v) is 17.0. The molecule has 1 aliphatic rings. The molecular formula is C23H26N3O3+. The Labute approximate surface area is 171 Å². The molecule has 6 nitrogen and oxygen atoms in total. The van der Waals surface area contributed by atoms with Crippen LogP contribution in [0, 0.1) is 0 Å². The smallest absolute Gasteiger partial charge is 0.339 e. The molecule has 0 fully saturated rings. The van der Waals surface area contributed by atoms with Crippen LogP contribution in [0.4, 0.5) is 0 Å². The Hall–Kier alpha value is -3.25. The number of ether oxygens (including phenoxy) is 1. The predicted molar refractivity (Wildman–Crippen MR) is 113 cm³/mol. The summed E-state index contributed by atoms with van der Waals surface area (Å²) >= 11 is 0. The van der Waals surface area contributed by atoms with Crippen molar-refractivity contribution in [1.29, 1.82) is 0 Å². The Morgan fingerprint density at radius 1 is 1.10 bits per heavy atom. The summed E-state index contributed by atoms with van der Waals surface area (Å²) in [4.78, 5) is 24.3. The number of nitrogens with zero attached hydrogens (tertiary/aromatic N) is 2. The van der Waals surface area contributed by atoms with Crippen molar-refractivity contribution in [2.75, 3.05) is 27.7 Å². The van der Waals surface area contributed by atoms with Crippen LogP contribution >= 0.6 is 0 Å². The molecule has 0 radical (unpaired) electrons. The van der Waals surface area contributed by atoms with E-state index < -0.39 is 6.10 Å². The predicted octanol–water partition coefficient (Wildman–Crippen LogP) is 3.18. The number of quaternary nitrogens is 1. The molecule has 2 aromatic rings. The van der Waals surface area contributed by atoms with E-state index in [0.29, 0.717) is 28.7 Å². The second kappa shape index (κ2) is 8.84. The largest absolute Gasteiger partial charge is 0.453 e. The molecule has 0 bridgehead atoms. The van der Waals surface area contributed by atoms with E-state index in [2.05, 4.69) is 10.5 Å². The number of carbonyl (C=O) groups excluding carboxylic acids is 2. The Kier molecular flexibility index (Phi) is 6.24. The number of rotatable bonds is 7. The van der Waals surface area contributed by atoms with Gasteiger partial charge in [-0.3, -0.25) is 4.79 Å². The quantitative estimate of drug-likeness (QED) is 0.341. The van der Waals surface area contributed by atoms with Crippen LogP contribution < -0.4 is 5.43 Å². The number of esters is 1. The highest BCUT2D eigenvalue weighted by Crippen LogP contribution is 2.33. The first kappa shape index (κ1) is 20.5. The maximum atomic E-state index is 12.2. The Balaban J connectivity index is 1.79. The molecule has 1 atom stereocenters. The van der Waals surface area contributed by atoms with Crippen molar-refractivity contribution in [2.24, 2.45) is 5.10 Å². The summed E-state index contributed by atoms with van der Waals surface area (Å²) in [7, 11) is 5.82. The number of cyclic esters (lactones) is 1. The number of nitrogens with one attached hydrogen (secondary N) is 1. The van der Waals surface area contributed by atoms with Crippen LogP contribution in [0.5, 0.6) is 0 Å². The molecule has 0 saturated carbocycles. The number of allylic oxidation sites excluding steroid dienone is 1. The monoisotopic (exact) mass is 392 g/mol. The second-order valence-electron chi connectivity index (χ2n) is 8.02. The van der Waals surface area contributed by atoms with Gasteiger partial charge < -0.3 is 9.22 Å². The summed E-state index contributed by atoms with van der Waals surface area (Å²) in [6, 6.07) is 17.2. The molecule has 2 aromatic carbocycles. The topological polar surface area (TPSA) is 67.8 Å². The van der Waals surface area contributed by atoms with Gasteiger partial charge in [0.2, 0.25) is 0 Å². The lowest BCUT2D eigenvalue weighted by molar-refractivity contribution is -0.862. The van der Waals surface area contributed by atoms with Gasteiger partial charge in [-0.05, 0) is 17.7 Å². The van der Waals surface area contributed by atoms with E-state index in [1.807, 2.05) is 81.8 Å². The van der Waals surface area contributed by atoms with Crippen LogP contribution in [0.25, 0.3) is 6.08 Å². The molecule has 1 heterocycles. The van der Waals surface area contributed by atoms with Crippen LogP contribution in [-0.2, 0) is 9.53 Å². The molecule has 1 N–H and O–H groups in total. The van der Waals surface area contributed by atoms with E-state index in [1.54, 1.807) is 6.07 Å². The standard InChI is InChI=1S/C23H25N3O3/c1-26(2,3)16-22(27)25-24-18(14-13-17-9-5-4-6-10-17)15-21-19-11-7-8-12-20(19)23(28)29-21/h4-14,21H,15-16H2,1-3H3/p+1/b14-13+,24-18+/t21-/m1/s1. The second-order valence-corrected chi connectivity index (χ2v) is 8.02. The maximum absolute atomic E-state index is 12.2. The first-order valence-electron chi connectivity index (χ1n) is 9.51.